The minimum absolute atomic E-state index is 0. The zero-order chi connectivity index (χ0) is 97.5. The van der Waals surface area contributed by atoms with Crippen molar-refractivity contribution in [3.8, 4) is 0 Å². The van der Waals surface area contributed by atoms with Gasteiger partial charge in [0.05, 0.1) is 16.7 Å². The van der Waals surface area contributed by atoms with Gasteiger partial charge in [-0.3, -0.25) is 19.2 Å². The summed E-state index contributed by atoms with van der Waals surface area (Å²) in [5.41, 5.74) is 10.4. The quantitative estimate of drug-likeness (QED) is 0.0144. The van der Waals surface area contributed by atoms with E-state index in [0.29, 0.717) is 46.7 Å². The summed E-state index contributed by atoms with van der Waals surface area (Å²) in [6, 6.07) is 63.0. The van der Waals surface area contributed by atoms with Crippen LogP contribution in [-0.4, -0.2) is 115 Å². The number of carbonyl (C=O) groups is 4. The van der Waals surface area contributed by atoms with E-state index in [1.54, 1.807) is 54.0 Å². The SMILES string of the molecule is CCCCCCCCCCCCCCCCCCNC(=O)c1ccccc1SC.CCCCCCCCCCCCCCCCCCNC(=O)c1ccccc1SC.CCCCCCCCCCCCCCCCCCNC(=O)c1ccccc1SC.CSc1ccccc1C(C)=O.[Cu].c1ccc2c(c1)C1=NC2=NC2=NC(=NC3=NC(=NC4=NC(=N1)c1ccccc14)c1ccccc13)c1ccccc12. The van der Waals surface area contributed by atoms with Gasteiger partial charge in [0.15, 0.2) is 52.5 Å². The second kappa shape index (κ2) is 70.7. The Kier molecular flexibility index (Phi) is 58.7. The number of aliphatic imine (C=N–C) groups is 8. The third-order valence-electron chi connectivity index (χ3n) is 25.8. The van der Waals surface area contributed by atoms with E-state index in [9.17, 15) is 19.2 Å². The summed E-state index contributed by atoms with van der Waals surface area (Å²) in [4.78, 5) is 91.3. The molecule has 5 aliphatic rings. The summed E-state index contributed by atoms with van der Waals surface area (Å²) < 4.78 is 0. The summed E-state index contributed by atoms with van der Waals surface area (Å²) >= 11 is 6.49. The molecular weight excluding hydrogens is 1840 g/mol. The van der Waals surface area contributed by atoms with Crippen LogP contribution < -0.4 is 16.0 Å². The number of fused-ring (bicyclic) bond motifs is 16. The fraction of sp³-hybridized carbons (Fsp3) is 0.496. The molecule has 5 heterocycles. The van der Waals surface area contributed by atoms with Crippen molar-refractivity contribution in [1.29, 1.82) is 0 Å². The fourth-order valence-electron chi connectivity index (χ4n) is 17.8. The number of benzene rings is 8. The Bertz CT molecular complexity index is 4710. The summed E-state index contributed by atoms with van der Waals surface area (Å²) in [6.07, 6.45) is 74.1. The van der Waals surface area contributed by atoms with Crippen molar-refractivity contribution >= 4 is 117 Å². The van der Waals surface area contributed by atoms with Crippen molar-refractivity contribution in [3.05, 3.63) is 261 Å². The number of Topliss-reactive ketones (excluding diaryl/α,β-unsaturated/α-hetero) is 1. The van der Waals surface area contributed by atoms with Gasteiger partial charge in [-0.25, -0.2) is 39.9 Å². The third kappa shape index (κ3) is 41.5. The van der Waals surface area contributed by atoms with Gasteiger partial charge in [0.25, 0.3) is 17.7 Å². The van der Waals surface area contributed by atoms with Crippen LogP contribution in [-0.2, 0) is 17.1 Å². The molecule has 5 aliphatic heterocycles. The van der Waals surface area contributed by atoms with Gasteiger partial charge in [0.2, 0.25) is 0 Å². The van der Waals surface area contributed by atoms with Crippen LogP contribution in [0.2, 0.25) is 0 Å². The first-order chi connectivity index (χ1) is 67.9. The number of ketones is 1. The molecule has 0 spiro atoms. The van der Waals surface area contributed by atoms with Crippen molar-refractivity contribution < 1.29 is 36.2 Å². The monoisotopic (exact) mass is 2000 g/mol. The zero-order valence-electron chi connectivity index (χ0n) is 85.2. The topological polar surface area (TPSA) is 203 Å². The predicted molar refractivity (Wildman–Crippen MR) is 597 cm³/mol. The van der Waals surface area contributed by atoms with Gasteiger partial charge in [0, 0.05) is 106 Å². The summed E-state index contributed by atoms with van der Waals surface area (Å²) in [6.45, 7) is 10.8. The van der Waals surface area contributed by atoms with E-state index in [1.165, 1.54) is 289 Å². The van der Waals surface area contributed by atoms with Gasteiger partial charge >= 0.3 is 0 Å². The number of amides is 3. The smallest absolute Gasteiger partial charge is 0.252 e. The van der Waals surface area contributed by atoms with E-state index >= 15 is 0 Å². The van der Waals surface area contributed by atoms with Gasteiger partial charge < -0.3 is 16.0 Å². The minimum atomic E-state index is 0. The fourth-order valence-corrected chi connectivity index (χ4v) is 20.2. The maximum Gasteiger partial charge on any atom is 0.252 e. The summed E-state index contributed by atoms with van der Waals surface area (Å²) in [7, 11) is 0. The van der Waals surface area contributed by atoms with Crippen LogP contribution in [0.25, 0.3) is 0 Å². The first-order valence-corrected chi connectivity index (χ1v) is 57.8. The molecule has 3 amide bonds. The van der Waals surface area contributed by atoms with Crippen LogP contribution in [0.4, 0.5) is 0 Å². The Morgan fingerprint density at radius 3 is 0.489 bits per heavy atom. The molecule has 0 saturated carbocycles. The molecule has 0 unspecified atom stereocenters. The Hall–Kier alpha value is -8.88. The minimum Gasteiger partial charge on any atom is -0.352 e. The Balaban J connectivity index is 0.000000221. The number of thioether (sulfide) groups is 4. The number of hydrogen-bond donors (Lipinski definition) is 3. The van der Waals surface area contributed by atoms with Gasteiger partial charge in [-0.05, 0) is 93.7 Å². The summed E-state index contributed by atoms with van der Waals surface area (Å²) in [5, 5.41) is 9.21. The molecule has 3 N–H and O–H groups in total. The van der Waals surface area contributed by atoms with Crippen LogP contribution in [0, 0.1) is 0 Å². The molecule has 751 valence electrons. The molecule has 0 fully saturated rings. The molecule has 0 aliphatic carbocycles. The van der Waals surface area contributed by atoms with Gasteiger partial charge in [-0.2, -0.15) is 0 Å². The maximum absolute atomic E-state index is 12.3. The van der Waals surface area contributed by atoms with E-state index < -0.39 is 0 Å². The van der Waals surface area contributed by atoms with Crippen LogP contribution >= 0.6 is 47.0 Å². The van der Waals surface area contributed by atoms with Crippen LogP contribution in [0.5, 0.6) is 0 Å². The molecule has 13 rings (SSSR count). The van der Waals surface area contributed by atoms with Crippen molar-refractivity contribution in [2.75, 3.05) is 44.7 Å². The number of amidine groups is 8. The van der Waals surface area contributed by atoms with E-state index in [-0.39, 0.29) is 40.6 Å². The molecular formula is C119H161CuN11O4S4. The van der Waals surface area contributed by atoms with E-state index in [2.05, 4.69) is 36.7 Å². The normalized spacial score (nSPS) is 12.6. The molecule has 8 bridgehead atoms. The van der Waals surface area contributed by atoms with Gasteiger partial charge in [0.1, 0.15) is 0 Å². The molecule has 20 heteroatoms. The van der Waals surface area contributed by atoms with E-state index in [4.69, 9.17) is 39.9 Å². The van der Waals surface area contributed by atoms with Crippen LogP contribution in [0.3, 0.4) is 0 Å². The summed E-state index contributed by atoms with van der Waals surface area (Å²) in [5.74, 6) is 4.75. The predicted octanol–water partition coefficient (Wildman–Crippen LogP) is 32.6. The number of rotatable bonds is 59. The number of hydrogen-bond acceptors (Lipinski definition) is 16. The van der Waals surface area contributed by atoms with Crippen molar-refractivity contribution in [2.24, 2.45) is 39.9 Å². The Morgan fingerprint density at radius 2 is 0.338 bits per heavy atom. The van der Waals surface area contributed by atoms with E-state index in [0.717, 1.165) is 125 Å². The second-order valence-electron chi connectivity index (χ2n) is 36.7. The van der Waals surface area contributed by atoms with Gasteiger partial charge in [-0.1, -0.05) is 461 Å². The first kappa shape index (κ1) is 115. The average molecular weight is 2000 g/mol. The largest absolute Gasteiger partial charge is 0.352 e. The average Bonchev–Trinajstić information content (AvgIpc) is 1.60. The number of nitrogens with one attached hydrogen (secondary N) is 3. The van der Waals surface area contributed by atoms with Crippen molar-refractivity contribution in [1.82, 2.24) is 16.0 Å². The molecule has 0 atom stereocenters. The molecule has 8 aromatic carbocycles. The molecule has 1 radical (unpaired) electrons. The van der Waals surface area contributed by atoms with E-state index in [1.807, 2.05) is 219 Å². The first-order valence-electron chi connectivity index (χ1n) is 52.9. The third-order valence-corrected chi connectivity index (χ3v) is 29.0. The van der Waals surface area contributed by atoms with Crippen molar-refractivity contribution in [2.45, 2.75) is 355 Å². The Morgan fingerprint density at radius 1 is 0.201 bits per heavy atom. The van der Waals surface area contributed by atoms with Crippen LogP contribution in [0.1, 0.15) is 422 Å². The number of carbonyl (C=O) groups excluding carboxylic acids is 4. The molecule has 15 nitrogen and oxygen atoms in total. The Labute approximate surface area is 863 Å². The van der Waals surface area contributed by atoms with Gasteiger partial charge in [-0.15, -0.1) is 47.0 Å². The van der Waals surface area contributed by atoms with Crippen LogP contribution in [0.15, 0.2) is 254 Å². The molecule has 8 aromatic rings. The molecule has 139 heavy (non-hydrogen) atoms. The zero-order valence-corrected chi connectivity index (χ0v) is 89.4. The standard InChI is InChI=1S/C32H16N8.3C26H45NOS.C9H10OS.Cu/c1-2-10-18-17(9-1)25-33-26(18)38-28-21-13-5-6-14-22(21)30(35-28)40-32-24-16-8-7-15-23(24)31(36-32)39-29-20-12-4-3-11-19(20)27(34-29)37-25;3*1-3-4-5-6-7-8-9-10-11-12-13-14-15-16-17-20-23-27-26(28)24-21-18-19-22-25(24)29-2;1-7(10)8-5-3-4-6-9(8)11-2;/h1-16H;3*18-19,21-22H,3-17,20,23H2,1-2H3,(H,27,28);3-6H,1-2H3;. The maximum atomic E-state index is 12.3. The second-order valence-corrected chi connectivity index (χ2v) is 40.1. The number of nitrogens with zero attached hydrogens (tertiary/aromatic N) is 8. The van der Waals surface area contributed by atoms with Crippen molar-refractivity contribution in [3.63, 3.8) is 0 Å². The molecule has 0 saturated heterocycles. The molecule has 0 aromatic heterocycles. The number of unbranched alkanes of at least 4 members (excludes halogenated alkanes) is 45.